The molecule has 0 heterocycles. The Balaban J connectivity index is 1.77. The molecule has 2 atom stereocenters. The Bertz CT molecular complexity index is 968. The third kappa shape index (κ3) is 4.00. The first kappa shape index (κ1) is 19.4. The van der Waals surface area contributed by atoms with Gasteiger partial charge in [0.2, 0.25) is 5.91 Å². The van der Waals surface area contributed by atoms with Crippen LogP contribution in [-0.4, -0.2) is 27.6 Å². The van der Waals surface area contributed by atoms with Crippen molar-refractivity contribution in [3.8, 4) is 0 Å². The van der Waals surface area contributed by atoms with Crippen LogP contribution in [0.3, 0.4) is 0 Å². The third-order valence-electron chi connectivity index (χ3n) is 4.76. The first-order valence-electron chi connectivity index (χ1n) is 8.24. The number of hydrogen-bond acceptors (Lipinski definition) is 3. The SMILES string of the molecule is CN(C(=O)[C@H]1C[C@@H]1c1ccccc1C(F)(F)F)c1ccc(S(C)(=O)=O)cc1. The van der Waals surface area contributed by atoms with Crippen LogP contribution in [-0.2, 0) is 20.8 Å². The van der Waals surface area contributed by atoms with Gasteiger partial charge in [-0.25, -0.2) is 8.42 Å². The van der Waals surface area contributed by atoms with Gasteiger partial charge in [0, 0.05) is 24.9 Å². The van der Waals surface area contributed by atoms with E-state index in [1.165, 1.54) is 54.4 Å². The van der Waals surface area contributed by atoms with Crippen molar-refractivity contribution in [2.24, 2.45) is 5.92 Å². The molecule has 1 aliphatic carbocycles. The quantitative estimate of drug-likeness (QED) is 0.787. The maximum absolute atomic E-state index is 13.2. The van der Waals surface area contributed by atoms with Gasteiger partial charge in [0.05, 0.1) is 10.5 Å². The summed E-state index contributed by atoms with van der Waals surface area (Å²) in [5.74, 6) is -1.27. The van der Waals surface area contributed by atoms with Crippen LogP contribution in [0.5, 0.6) is 0 Å². The number of carbonyl (C=O) groups excluding carboxylic acids is 1. The van der Waals surface area contributed by atoms with Gasteiger partial charge in [0.1, 0.15) is 0 Å². The normalized spacial score (nSPS) is 19.6. The van der Waals surface area contributed by atoms with Crippen molar-refractivity contribution in [3.63, 3.8) is 0 Å². The van der Waals surface area contributed by atoms with Gasteiger partial charge >= 0.3 is 6.18 Å². The van der Waals surface area contributed by atoms with Crippen molar-refractivity contribution in [1.82, 2.24) is 0 Å². The highest BCUT2D eigenvalue weighted by molar-refractivity contribution is 7.90. The maximum atomic E-state index is 13.2. The van der Waals surface area contributed by atoms with Crippen molar-refractivity contribution in [3.05, 3.63) is 59.7 Å². The van der Waals surface area contributed by atoms with Gasteiger partial charge in [-0.1, -0.05) is 18.2 Å². The van der Waals surface area contributed by atoms with E-state index in [-0.39, 0.29) is 16.4 Å². The average Bonchev–Trinajstić information content (AvgIpc) is 3.40. The molecule has 0 spiro atoms. The minimum absolute atomic E-state index is 0.135. The largest absolute Gasteiger partial charge is 0.416 e. The summed E-state index contributed by atoms with van der Waals surface area (Å²) in [7, 11) is -1.81. The molecule has 27 heavy (non-hydrogen) atoms. The molecule has 0 radical (unpaired) electrons. The van der Waals surface area contributed by atoms with E-state index in [4.69, 9.17) is 0 Å². The van der Waals surface area contributed by atoms with E-state index < -0.39 is 33.4 Å². The Morgan fingerprint density at radius 3 is 2.22 bits per heavy atom. The molecule has 4 nitrogen and oxygen atoms in total. The molecular formula is C19H18F3NO3S. The molecule has 1 fully saturated rings. The maximum Gasteiger partial charge on any atom is 0.416 e. The van der Waals surface area contributed by atoms with Crippen molar-refractivity contribution in [2.75, 3.05) is 18.2 Å². The highest BCUT2D eigenvalue weighted by Gasteiger charge is 2.48. The second-order valence-corrected chi connectivity index (χ2v) is 8.71. The van der Waals surface area contributed by atoms with Crippen molar-refractivity contribution >= 4 is 21.4 Å². The summed E-state index contributed by atoms with van der Waals surface area (Å²) in [5.41, 5.74) is -0.0724. The molecule has 2 aromatic carbocycles. The van der Waals surface area contributed by atoms with Crippen LogP contribution in [0.4, 0.5) is 18.9 Å². The predicted octanol–water partition coefficient (Wildman–Crippen LogP) is 3.88. The fourth-order valence-corrected chi connectivity index (χ4v) is 3.81. The van der Waals surface area contributed by atoms with Crippen molar-refractivity contribution in [1.29, 1.82) is 0 Å². The van der Waals surface area contributed by atoms with E-state index in [0.717, 1.165) is 12.3 Å². The Morgan fingerprint density at radius 1 is 1.07 bits per heavy atom. The number of nitrogens with zero attached hydrogens (tertiary/aromatic N) is 1. The highest BCUT2D eigenvalue weighted by atomic mass is 32.2. The molecule has 0 aliphatic heterocycles. The topological polar surface area (TPSA) is 54.5 Å². The smallest absolute Gasteiger partial charge is 0.315 e. The second kappa shape index (κ2) is 6.67. The molecule has 0 unspecified atom stereocenters. The summed E-state index contributed by atoms with van der Waals surface area (Å²) in [4.78, 5) is 14.1. The van der Waals surface area contributed by atoms with Gasteiger partial charge in [-0.05, 0) is 48.2 Å². The molecule has 3 rings (SSSR count). The standard InChI is InChI=1S/C19H18F3NO3S/c1-23(12-7-9-13(10-8-12)27(2,25)26)18(24)16-11-15(16)14-5-3-4-6-17(14)19(20,21)22/h3-10,15-16H,11H2,1-2H3/t15-,16+/m1/s1. The van der Waals surface area contributed by atoms with Gasteiger partial charge in [0.15, 0.2) is 9.84 Å². The molecule has 0 aromatic heterocycles. The van der Waals surface area contributed by atoms with Crippen molar-refractivity contribution in [2.45, 2.75) is 23.4 Å². The highest BCUT2D eigenvalue weighted by Crippen LogP contribution is 2.51. The summed E-state index contributed by atoms with van der Waals surface area (Å²) in [6, 6.07) is 11.1. The zero-order valence-electron chi connectivity index (χ0n) is 14.7. The fourth-order valence-electron chi connectivity index (χ4n) is 3.18. The minimum Gasteiger partial charge on any atom is -0.315 e. The molecule has 2 aromatic rings. The summed E-state index contributed by atoms with van der Waals surface area (Å²) in [6.45, 7) is 0. The van der Waals surface area contributed by atoms with E-state index in [2.05, 4.69) is 0 Å². The summed E-state index contributed by atoms with van der Waals surface area (Å²) in [6.07, 6.45) is -3.01. The molecular weight excluding hydrogens is 379 g/mol. The van der Waals surface area contributed by atoms with Gasteiger partial charge in [0.25, 0.3) is 0 Å². The lowest BCUT2D eigenvalue weighted by Gasteiger charge is -2.18. The molecule has 1 saturated carbocycles. The van der Waals surface area contributed by atoms with E-state index in [1.54, 1.807) is 0 Å². The van der Waals surface area contributed by atoms with Gasteiger partial charge in [-0.3, -0.25) is 4.79 Å². The predicted molar refractivity (Wildman–Crippen MR) is 95.3 cm³/mol. The third-order valence-corrected chi connectivity index (χ3v) is 5.88. The Hall–Kier alpha value is -2.35. The number of hydrogen-bond donors (Lipinski definition) is 0. The molecule has 0 saturated heterocycles. The van der Waals surface area contributed by atoms with Crippen molar-refractivity contribution < 1.29 is 26.4 Å². The number of sulfone groups is 1. The van der Waals surface area contributed by atoms with Crippen LogP contribution < -0.4 is 4.90 Å². The van der Waals surface area contributed by atoms with Crippen LogP contribution in [0.1, 0.15) is 23.5 Å². The van der Waals surface area contributed by atoms with Crippen LogP contribution in [0.25, 0.3) is 0 Å². The van der Waals surface area contributed by atoms with Crippen LogP contribution in [0, 0.1) is 5.92 Å². The Morgan fingerprint density at radius 2 is 1.67 bits per heavy atom. The van der Waals surface area contributed by atoms with E-state index in [1.807, 2.05) is 0 Å². The summed E-state index contributed by atoms with van der Waals surface area (Å²) >= 11 is 0. The zero-order chi connectivity index (χ0) is 20.0. The average molecular weight is 397 g/mol. The van der Waals surface area contributed by atoms with Gasteiger partial charge < -0.3 is 4.90 Å². The van der Waals surface area contributed by atoms with Gasteiger partial charge in [-0.15, -0.1) is 0 Å². The lowest BCUT2D eigenvalue weighted by atomic mass is 10.0. The fraction of sp³-hybridized carbons (Fsp3) is 0.316. The molecule has 144 valence electrons. The number of benzene rings is 2. The molecule has 0 N–H and O–H groups in total. The molecule has 1 amide bonds. The van der Waals surface area contributed by atoms with Crippen LogP contribution >= 0.6 is 0 Å². The monoisotopic (exact) mass is 397 g/mol. The Labute approximate surface area is 155 Å². The lowest BCUT2D eigenvalue weighted by molar-refractivity contribution is -0.138. The van der Waals surface area contributed by atoms with E-state index >= 15 is 0 Å². The number of carbonyl (C=O) groups is 1. The van der Waals surface area contributed by atoms with Gasteiger partial charge in [-0.2, -0.15) is 13.2 Å². The first-order valence-corrected chi connectivity index (χ1v) is 10.1. The van der Waals surface area contributed by atoms with E-state index in [9.17, 15) is 26.4 Å². The summed E-state index contributed by atoms with van der Waals surface area (Å²) < 4.78 is 62.5. The van der Waals surface area contributed by atoms with Crippen LogP contribution in [0.15, 0.2) is 53.4 Å². The first-order chi connectivity index (χ1) is 12.5. The minimum atomic E-state index is -4.46. The number of anilines is 1. The lowest BCUT2D eigenvalue weighted by Crippen LogP contribution is -2.28. The number of rotatable bonds is 4. The molecule has 0 bridgehead atoms. The van der Waals surface area contributed by atoms with E-state index in [0.29, 0.717) is 12.1 Å². The molecule has 8 heteroatoms. The van der Waals surface area contributed by atoms with Crippen LogP contribution in [0.2, 0.25) is 0 Å². The Kier molecular flexibility index (Phi) is 4.80. The summed E-state index contributed by atoms with van der Waals surface area (Å²) in [5, 5.41) is 0. The number of halogens is 3. The number of amides is 1. The second-order valence-electron chi connectivity index (χ2n) is 6.70. The number of alkyl halides is 3. The molecule has 1 aliphatic rings. The zero-order valence-corrected chi connectivity index (χ0v) is 15.5.